The maximum atomic E-state index is 13.8. The van der Waals surface area contributed by atoms with E-state index >= 15 is 0 Å². The van der Waals surface area contributed by atoms with Gasteiger partial charge >= 0.3 is 6.18 Å². The Kier molecular flexibility index (Phi) is 4.55. The van der Waals surface area contributed by atoms with Gasteiger partial charge in [-0.05, 0) is 18.2 Å². The Balaban J connectivity index is 2.42. The van der Waals surface area contributed by atoms with E-state index < -0.39 is 28.9 Å². The lowest BCUT2D eigenvalue weighted by Gasteiger charge is -2.15. The average Bonchev–Trinajstić information content (AvgIpc) is 2.36. The summed E-state index contributed by atoms with van der Waals surface area (Å²) < 4.78 is 51.7. The average molecular weight is 385 g/mol. The van der Waals surface area contributed by atoms with Gasteiger partial charge in [-0.3, -0.25) is 0 Å². The molecular weight excluding hydrogens is 377 g/mol. The van der Waals surface area contributed by atoms with Crippen LogP contribution in [0.4, 0.5) is 17.6 Å². The number of alkyl halides is 3. The normalized spacial score (nSPS) is 13.3. The summed E-state index contributed by atoms with van der Waals surface area (Å²) in [6.07, 6.45) is -6.16. The van der Waals surface area contributed by atoms with Crippen molar-refractivity contribution in [2.75, 3.05) is 0 Å². The minimum absolute atomic E-state index is 0.106. The number of hydrogen-bond donors (Lipinski definition) is 1. The Labute approximate surface area is 130 Å². The molecule has 1 N–H and O–H groups in total. The van der Waals surface area contributed by atoms with E-state index in [4.69, 9.17) is 11.6 Å². The monoisotopic (exact) mass is 383 g/mol. The Morgan fingerprint density at radius 2 is 1.76 bits per heavy atom. The van der Waals surface area contributed by atoms with Crippen LogP contribution in [-0.2, 0) is 6.18 Å². The fourth-order valence-corrected chi connectivity index (χ4v) is 2.29. The van der Waals surface area contributed by atoms with Gasteiger partial charge in [-0.2, -0.15) is 13.2 Å². The van der Waals surface area contributed by atoms with E-state index in [1.165, 1.54) is 12.1 Å². The number of rotatable bonds is 2. The SMILES string of the molecule is OC(c1ccc(Br)cc1F)c1ccc(C(F)(F)F)nc1Cl. The molecule has 0 aliphatic heterocycles. The first-order chi connectivity index (χ1) is 9.70. The molecule has 1 aromatic carbocycles. The van der Waals surface area contributed by atoms with E-state index in [9.17, 15) is 22.7 Å². The van der Waals surface area contributed by atoms with Gasteiger partial charge in [0.1, 0.15) is 22.8 Å². The number of halogens is 6. The highest BCUT2D eigenvalue weighted by atomic mass is 79.9. The molecular formula is C13H7BrClF4NO. The lowest BCUT2D eigenvalue weighted by atomic mass is 10.0. The Morgan fingerprint density at radius 3 is 2.29 bits per heavy atom. The van der Waals surface area contributed by atoms with Crippen LogP contribution in [0.2, 0.25) is 5.15 Å². The Morgan fingerprint density at radius 1 is 1.14 bits per heavy atom. The summed E-state index contributed by atoms with van der Waals surface area (Å²) in [5, 5.41) is 9.55. The third-order valence-corrected chi connectivity index (χ3v) is 3.52. The van der Waals surface area contributed by atoms with Crippen LogP contribution in [0, 0.1) is 5.82 Å². The topological polar surface area (TPSA) is 33.1 Å². The number of nitrogens with zero attached hydrogens (tertiary/aromatic N) is 1. The van der Waals surface area contributed by atoms with Crippen molar-refractivity contribution in [2.45, 2.75) is 12.3 Å². The molecule has 2 rings (SSSR count). The predicted molar refractivity (Wildman–Crippen MR) is 72.4 cm³/mol. The van der Waals surface area contributed by atoms with E-state index in [0.717, 1.165) is 12.1 Å². The van der Waals surface area contributed by atoms with E-state index in [2.05, 4.69) is 20.9 Å². The first kappa shape index (κ1) is 16.2. The van der Waals surface area contributed by atoms with Crippen molar-refractivity contribution in [1.82, 2.24) is 4.98 Å². The molecule has 112 valence electrons. The van der Waals surface area contributed by atoms with Gasteiger partial charge in [0, 0.05) is 15.6 Å². The number of benzene rings is 1. The minimum Gasteiger partial charge on any atom is -0.383 e. The van der Waals surface area contributed by atoms with Crippen LogP contribution < -0.4 is 0 Å². The molecule has 0 aliphatic rings. The van der Waals surface area contributed by atoms with Gasteiger partial charge in [-0.1, -0.05) is 39.7 Å². The fourth-order valence-electron chi connectivity index (χ4n) is 1.70. The van der Waals surface area contributed by atoms with Crippen molar-refractivity contribution in [3.63, 3.8) is 0 Å². The minimum atomic E-state index is -4.64. The van der Waals surface area contributed by atoms with Crippen LogP contribution in [0.5, 0.6) is 0 Å². The number of aliphatic hydroxyl groups excluding tert-OH is 1. The molecule has 1 heterocycles. The molecule has 0 radical (unpaired) electrons. The van der Waals surface area contributed by atoms with Crippen molar-refractivity contribution in [3.05, 3.63) is 62.6 Å². The lowest BCUT2D eigenvalue weighted by Crippen LogP contribution is -2.10. The van der Waals surface area contributed by atoms with Gasteiger partial charge in [0.25, 0.3) is 0 Å². The molecule has 2 nitrogen and oxygen atoms in total. The van der Waals surface area contributed by atoms with Gasteiger partial charge in [0.15, 0.2) is 0 Å². The molecule has 0 fully saturated rings. The molecule has 0 spiro atoms. The third-order valence-electron chi connectivity index (χ3n) is 2.72. The van der Waals surface area contributed by atoms with Crippen LogP contribution in [0.1, 0.15) is 22.9 Å². The molecule has 8 heteroatoms. The third kappa shape index (κ3) is 3.53. The summed E-state index contributed by atoms with van der Waals surface area (Å²) in [5.41, 5.74) is -1.40. The van der Waals surface area contributed by atoms with E-state index in [1.54, 1.807) is 0 Å². The number of aromatic nitrogens is 1. The van der Waals surface area contributed by atoms with E-state index in [1.807, 2.05) is 0 Å². The maximum Gasteiger partial charge on any atom is 0.433 e. The van der Waals surface area contributed by atoms with Crippen molar-refractivity contribution in [2.24, 2.45) is 0 Å². The summed E-state index contributed by atoms with van der Waals surface area (Å²) in [6.45, 7) is 0. The molecule has 1 atom stereocenters. The summed E-state index contributed by atoms with van der Waals surface area (Å²) >= 11 is 8.72. The fraction of sp³-hybridized carbons (Fsp3) is 0.154. The van der Waals surface area contributed by atoms with Crippen LogP contribution in [0.3, 0.4) is 0 Å². The molecule has 2 aromatic rings. The van der Waals surface area contributed by atoms with Crippen LogP contribution in [0.15, 0.2) is 34.8 Å². The maximum absolute atomic E-state index is 13.8. The highest BCUT2D eigenvalue weighted by molar-refractivity contribution is 9.10. The predicted octanol–water partition coefficient (Wildman–Crippen LogP) is 4.74. The second-order valence-electron chi connectivity index (χ2n) is 4.14. The first-order valence-corrected chi connectivity index (χ1v) is 6.74. The zero-order valence-corrected chi connectivity index (χ0v) is 12.5. The molecule has 0 saturated heterocycles. The lowest BCUT2D eigenvalue weighted by molar-refractivity contribution is -0.141. The number of pyridine rings is 1. The summed E-state index contributed by atoms with van der Waals surface area (Å²) in [5.74, 6) is -0.715. The molecule has 0 amide bonds. The first-order valence-electron chi connectivity index (χ1n) is 5.57. The van der Waals surface area contributed by atoms with Crippen LogP contribution in [0.25, 0.3) is 0 Å². The van der Waals surface area contributed by atoms with Gasteiger partial charge in [-0.25, -0.2) is 9.37 Å². The van der Waals surface area contributed by atoms with Crippen molar-refractivity contribution < 1.29 is 22.7 Å². The number of aliphatic hydroxyl groups is 1. The Hall–Kier alpha value is -1.18. The van der Waals surface area contributed by atoms with Crippen molar-refractivity contribution >= 4 is 27.5 Å². The standard InChI is InChI=1S/C13H7BrClF4NO/c14-6-1-2-7(9(16)5-6)11(21)8-3-4-10(13(17,18)19)20-12(8)15/h1-5,11,21H. The second kappa shape index (κ2) is 5.90. The second-order valence-corrected chi connectivity index (χ2v) is 5.42. The molecule has 1 aromatic heterocycles. The summed E-state index contributed by atoms with van der Waals surface area (Å²) in [4.78, 5) is 3.19. The van der Waals surface area contributed by atoms with Crippen molar-refractivity contribution in [3.8, 4) is 0 Å². The zero-order chi connectivity index (χ0) is 15.8. The van der Waals surface area contributed by atoms with E-state index in [-0.39, 0.29) is 11.1 Å². The van der Waals surface area contributed by atoms with E-state index in [0.29, 0.717) is 10.5 Å². The van der Waals surface area contributed by atoms with Crippen LogP contribution in [-0.4, -0.2) is 10.1 Å². The summed E-state index contributed by atoms with van der Waals surface area (Å²) in [6, 6.07) is 5.58. The molecule has 0 saturated carbocycles. The van der Waals surface area contributed by atoms with Crippen molar-refractivity contribution in [1.29, 1.82) is 0 Å². The van der Waals surface area contributed by atoms with Gasteiger partial charge in [-0.15, -0.1) is 0 Å². The van der Waals surface area contributed by atoms with Crippen LogP contribution >= 0.6 is 27.5 Å². The zero-order valence-electron chi connectivity index (χ0n) is 10.1. The highest BCUT2D eigenvalue weighted by Crippen LogP contribution is 2.33. The summed E-state index contributed by atoms with van der Waals surface area (Å²) in [7, 11) is 0. The smallest absolute Gasteiger partial charge is 0.383 e. The Bertz CT molecular complexity index is 678. The van der Waals surface area contributed by atoms with Gasteiger partial charge in [0.2, 0.25) is 0 Å². The largest absolute Gasteiger partial charge is 0.433 e. The molecule has 21 heavy (non-hydrogen) atoms. The molecule has 0 bridgehead atoms. The van der Waals surface area contributed by atoms with Gasteiger partial charge < -0.3 is 5.11 Å². The number of hydrogen-bond acceptors (Lipinski definition) is 2. The van der Waals surface area contributed by atoms with Gasteiger partial charge in [0.05, 0.1) is 0 Å². The molecule has 1 unspecified atom stereocenters. The molecule has 0 aliphatic carbocycles. The highest BCUT2D eigenvalue weighted by Gasteiger charge is 2.33. The quantitative estimate of drug-likeness (QED) is 0.599.